The topological polar surface area (TPSA) is 78.8 Å². The van der Waals surface area contributed by atoms with E-state index in [0.717, 1.165) is 19.4 Å². The highest BCUT2D eigenvalue weighted by Gasteiger charge is 2.35. The second kappa shape index (κ2) is 6.10. The van der Waals surface area contributed by atoms with Gasteiger partial charge in [0.2, 0.25) is 0 Å². The van der Waals surface area contributed by atoms with Gasteiger partial charge in [-0.2, -0.15) is 0 Å². The summed E-state index contributed by atoms with van der Waals surface area (Å²) >= 11 is 0. The Morgan fingerprint density at radius 3 is 2.87 bits per heavy atom. The van der Waals surface area contributed by atoms with Gasteiger partial charge in [0, 0.05) is 5.94 Å². The molecular weight excluding hydrogens is 197 g/mol. The Labute approximate surface area is 90.0 Å². The highest BCUT2D eigenvalue weighted by Crippen LogP contribution is 2.18. The van der Waals surface area contributed by atoms with Crippen LogP contribution in [0.15, 0.2) is 0 Å². The Morgan fingerprint density at radius 1 is 1.60 bits per heavy atom. The van der Waals surface area contributed by atoms with E-state index in [2.05, 4.69) is 12.2 Å². The zero-order chi connectivity index (χ0) is 11.3. The van der Waals surface area contributed by atoms with Gasteiger partial charge in [0.05, 0.1) is 12.5 Å². The van der Waals surface area contributed by atoms with Crippen LogP contribution in [0.25, 0.3) is 0 Å². The van der Waals surface area contributed by atoms with Crippen LogP contribution in [-0.4, -0.2) is 41.8 Å². The van der Waals surface area contributed by atoms with Crippen LogP contribution < -0.4 is 5.32 Å². The molecule has 3 N–H and O–H groups in total. The maximum absolute atomic E-state index is 10.5. The molecule has 0 spiro atoms. The smallest absolute Gasteiger partial charge is 0.472 e. The molecule has 5 nitrogen and oxygen atoms in total. The predicted molar refractivity (Wildman–Crippen MR) is 56.4 cm³/mol. The van der Waals surface area contributed by atoms with E-state index in [-0.39, 0.29) is 18.5 Å². The molecule has 1 heterocycles. The van der Waals surface area contributed by atoms with Crippen LogP contribution in [0.3, 0.4) is 0 Å². The normalized spacial score (nSPS) is 26.7. The average molecular weight is 215 g/mol. The number of carboxylic acids is 1. The fourth-order valence-corrected chi connectivity index (χ4v) is 1.75. The van der Waals surface area contributed by atoms with Crippen molar-refractivity contribution in [2.75, 3.05) is 6.54 Å². The molecule has 0 aromatic rings. The Hall–Kier alpha value is -0.585. The lowest BCUT2D eigenvalue weighted by Crippen LogP contribution is -2.51. The third kappa shape index (κ3) is 4.19. The molecule has 1 aliphatic rings. The number of carboxylic acid groups (broad SMARTS) is 1. The Bertz CT molecular complexity index is 214. The van der Waals surface area contributed by atoms with Crippen LogP contribution >= 0.6 is 0 Å². The van der Waals surface area contributed by atoms with Gasteiger partial charge in [-0.25, -0.2) is 0 Å². The maximum atomic E-state index is 10.5. The molecule has 1 rings (SSSR count). The Morgan fingerprint density at radius 2 is 2.33 bits per heavy atom. The molecule has 0 amide bonds. The van der Waals surface area contributed by atoms with Crippen molar-refractivity contribution in [3.63, 3.8) is 0 Å². The first-order chi connectivity index (χ1) is 7.13. The molecule has 0 aromatic heterocycles. The van der Waals surface area contributed by atoms with E-state index in [1.807, 2.05) is 0 Å². The average Bonchev–Trinajstić information content (AvgIpc) is 2.15. The van der Waals surface area contributed by atoms with Gasteiger partial charge in [0.1, 0.15) is 0 Å². The minimum Gasteiger partial charge on any atom is -0.481 e. The van der Waals surface area contributed by atoms with Crippen LogP contribution in [0.5, 0.6) is 0 Å². The monoisotopic (exact) mass is 215 g/mol. The first-order valence-corrected chi connectivity index (χ1v) is 5.42. The van der Waals surface area contributed by atoms with E-state index in [1.54, 1.807) is 0 Å². The summed E-state index contributed by atoms with van der Waals surface area (Å²) < 4.78 is 5.22. The lowest BCUT2D eigenvalue weighted by atomic mass is 9.72. The van der Waals surface area contributed by atoms with Crippen molar-refractivity contribution in [1.82, 2.24) is 5.32 Å². The fraction of sp³-hybridized carbons (Fsp3) is 0.889. The number of aliphatic carboxylic acids is 1. The third-order valence-corrected chi connectivity index (χ3v) is 2.53. The first kappa shape index (κ1) is 12.5. The van der Waals surface area contributed by atoms with Crippen LogP contribution in [-0.2, 0) is 9.45 Å². The lowest BCUT2D eigenvalue weighted by Gasteiger charge is -2.30. The van der Waals surface area contributed by atoms with Crippen molar-refractivity contribution in [3.05, 3.63) is 0 Å². The summed E-state index contributed by atoms with van der Waals surface area (Å²) in [6.07, 6.45) is 2.07. The third-order valence-electron chi connectivity index (χ3n) is 2.53. The largest absolute Gasteiger partial charge is 0.481 e. The number of nitrogens with one attached hydrogen (secondary N) is 1. The van der Waals surface area contributed by atoms with Crippen molar-refractivity contribution < 1.29 is 19.6 Å². The Balaban J connectivity index is 2.30. The molecule has 0 unspecified atom stereocenters. The standard InChI is InChI=1S/C9H18BNO4/c1-2-5-11-8-4-3-7(6-9(12)13)15-10(8)14/h7-8,11,14H,2-6H2,1H3,(H,12,13)/t7-,8-/m0/s1. The summed E-state index contributed by atoms with van der Waals surface area (Å²) in [7, 11) is -0.880. The number of rotatable bonds is 5. The van der Waals surface area contributed by atoms with Crippen LogP contribution in [0.4, 0.5) is 0 Å². The van der Waals surface area contributed by atoms with Gasteiger partial charge in [-0.3, -0.25) is 4.79 Å². The molecule has 15 heavy (non-hydrogen) atoms. The molecule has 0 bridgehead atoms. The van der Waals surface area contributed by atoms with E-state index in [1.165, 1.54) is 0 Å². The van der Waals surface area contributed by atoms with Gasteiger partial charge < -0.3 is 20.1 Å². The van der Waals surface area contributed by atoms with Gasteiger partial charge in [-0.05, 0) is 25.8 Å². The fourth-order valence-electron chi connectivity index (χ4n) is 1.75. The molecular formula is C9H18BNO4. The number of carbonyl (C=O) groups is 1. The lowest BCUT2D eigenvalue weighted by molar-refractivity contribution is -0.139. The predicted octanol–water partition coefficient (Wildman–Crippen LogP) is 0.0280. The summed E-state index contributed by atoms with van der Waals surface area (Å²) in [6.45, 7) is 2.89. The van der Waals surface area contributed by atoms with Crippen LogP contribution in [0, 0.1) is 0 Å². The minimum atomic E-state index is -0.882. The first-order valence-electron chi connectivity index (χ1n) is 5.42. The van der Waals surface area contributed by atoms with E-state index in [4.69, 9.17) is 9.76 Å². The molecule has 0 aromatic carbocycles. The molecule has 1 fully saturated rings. The molecule has 86 valence electrons. The molecule has 1 saturated heterocycles. The van der Waals surface area contributed by atoms with Crippen molar-refractivity contribution in [2.24, 2.45) is 0 Å². The van der Waals surface area contributed by atoms with Gasteiger partial charge >= 0.3 is 13.1 Å². The van der Waals surface area contributed by atoms with E-state index in [9.17, 15) is 9.82 Å². The van der Waals surface area contributed by atoms with E-state index < -0.39 is 13.1 Å². The van der Waals surface area contributed by atoms with Crippen molar-refractivity contribution in [2.45, 2.75) is 44.7 Å². The second-order valence-electron chi connectivity index (χ2n) is 3.88. The Kier molecular flexibility index (Phi) is 5.07. The zero-order valence-electron chi connectivity index (χ0n) is 8.98. The zero-order valence-corrected chi connectivity index (χ0v) is 8.98. The van der Waals surface area contributed by atoms with Gasteiger partial charge in [-0.1, -0.05) is 6.92 Å². The molecule has 6 heteroatoms. The summed E-state index contributed by atoms with van der Waals surface area (Å²) in [5.74, 6) is -0.942. The number of hydrogen-bond acceptors (Lipinski definition) is 4. The minimum absolute atomic E-state index is 0.0302. The molecule has 2 atom stereocenters. The van der Waals surface area contributed by atoms with E-state index >= 15 is 0 Å². The van der Waals surface area contributed by atoms with E-state index in [0.29, 0.717) is 6.42 Å². The number of hydrogen-bond donors (Lipinski definition) is 3. The molecule has 0 aliphatic carbocycles. The molecule has 1 aliphatic heterocycles. The van der Waals surface area contributed by atoms with Crippen LogP contribution in [0.2, 0.25) is 0 Å². The van der Waals surface area contributed by atoms with Gasteiger partial charge in [0.15, 0.2) is 0 Å². The van der Waals surface area contributed by atoms with Crippen LogP contribution in [0.1, 0.15) is 32.6 Å². The second-order valence-corrected chi connectivity index (χ2v) is 3.88. The summed E-state index contributed by atoms with van der Waals surface area (Å²) in [5, 5.41) is 21.4. The summed E-state index contributed by atoms with van der Waals surface area (Å²) in [6, 6.07) is 0. The quantitative estimate of drug-likeness (QED) is 0.564. The van der Waals surface area contributed by atoms with Crippen molar-refractivity contribution in [3.8, 4) is 0 Å². The van der Waals surface area contributed by atoms with Gasteiger partial charge in [0.25, 0.3) is 0 Å². The van der Waals surface area contributed by atoms with Crippen molar-refractivity contribution >= 4 is 13.1 Å². The highest BCUT2D eigenvalue weighted by atomic mass is 16.5. The molecule has 0 radical (unpaired) electrons. The SMILES string of the molecule is CCCN[C@H]1CC[C@@H](CC(=O)O)OB1O. The summed E-state index contributed by atoms with van der Waals surface area (Å²) in [4.78, 5) is 10.5. The maximum Gasteiger partial charge on any atom is 0.472 e. The molecule has 0 saturated carbocycles. The summed E-state index contributed by atoms with van der Waals surface area (Å²) in [5.41, 5.74) is 0. The van der Waals surface area contributed by atoms with Gasteiger partial charge in [-0.15, -0.1) is 0 Å². The highest BCUT2D eigenvalue weighted by molar-refractivity contribution is 6.45. The van der Waals surface area contributed by atoms with Crippen molar-refractivity contribution in [1.29, 1.82) is 0 Å².